The van der Waals surface area contributed by atoms with Crippen molar-refractivity contribution in [2.45, 2.75) is 25.2 Å². The number of esters is 1. The summed E-state index contributed by atoms with van der Waals surface area (Å²) in [6.07, 6.45) is 0.694. The Morgan fingerprint density at radius 1 is 1.39 bits per heavy atom. The number of carbonyl (C=O) groups excluding carboxylic acids is 1. The molecule has 1 aromatic rings. The van der Waals surface area contributed by atoms with Crippen molar-refractivity contribution in [2.75, 3.05) is 19.7 Å². The molecule has 0 atom stereocenters. The minimum atomic E-state index is -1.19. The van der Waals surface area contributed by atoms with Crippen molar-refractivity contribution in [3.05, 3.63) is 35.8 Å². The summed E-state index contributed by atoms with van der Waals surface area (Å²) < 4.78 is 44.7. The number of hydrogen-bond donors (Lipinski definition) is 1. The zero-order valence-electron chi connectivity index (χ0n) is 15.3. The first kappa shape index (κ1) is 8.94. The first-order valence-electron chi connectivity index (χ1n) is 8.32. The van der Waals surface area contributed by atoms with E-state index in [1.54, 1.807) is 6.92 Å². The fourth-order valence-electron chi connectivity index (χ4n) is 2.17. The van der Waals surface area contributed by atoms with E-state index in [9.17, 15) is 4.79 Å². The zero-order valence-corrected chi connectivity index (χ0v) is 11.1. The summed E-state index contributed by atoms with van der Waals surface area (Å²) in [5.41, 5.74) is -1.13. The van der Waals surface area contributed by atoms with Gasteiger partial charge in [-0.05, 0) is 38.4 Å². The van der Waals surface area contributed by atoms with Crippen LogP contribution in [0.25, 0.3) is 0 Å². The Bertz CT molecular complexity index is 576. The maximum Gasteiger partial charge on any atom is 0.316 e. The SMILES string of the molecule is Cl.[2H]c1c([2H])c([2H])c(C2(C(=O)OCC)CCNCC2)c([2H])c1[2H]. The van der Waals surface area contributed by atoms with Crippen LogP contribution in [0.3, 0.4) is 0 Å². The molecule has 3 nitrogen and oxygen atoms in total. The molecule has 1 heterocycles. The van der Waals surface area contributed by atoms with Gasteiger partial charge in [-0.3, -0.25) is 4.79 Å². The van der Waals surface area contributed by atoms with Gasteiger partial charge in [-0.1, -0.05) is 30.2 Å². The topological polar surface area (TPSA) is 38.3 Å². The van der Waals surface area contributed by atoms with Gasteiger partial charge in [-0.25, -0.2) is 0 Å². The van der Waals surface area contributed by atoms with Crippen LogP contribution in [-0.2, 0) is 14.9 Å². The second-order valence-electron chi connectivity index (χ2n) is 4.05. The van der Waals surface area contributed by atoms with E-state index in [-0.39, 0.29) is 36.7 Å². The molecule has 0 radical (unpaired) electrons. The van der Waals surface area contributed by atoms with Gasteiger partial charge >= 0.3 is 5.97 Å². The van der Waals surface area contributed by atoms with Gasteiger partial charge in [-0.2, -0.15) is 0 Å². The molecular formula is C14H20ClNO2. The third-order valence-corrected chi connectivity index (χ3v) is 3.10. The van der Waals surface area contributed by atoms with E-state index >= 15 is 0 Å². The number of carbonyl (C=O) groups is 1. The van der Waals surface area contributed by atoms with Crippen molar-refractivity contribution in [1.29, 1.82) is 0 Å². The predicted molar refractivity (Wildman–Crippen MR) is 74.1 cm³/mol. The molecule has 0 bridgehead atoms. The molecule has 0 aliphatic carbocycles. The van der Waals surface area contributed by atoms with Crippen LogP contribution < -0.4 is 5.32 Å². The largest absolute Gasteiger partial charge is 0.465 e. The number of nitrogens with one attached hydrogen (secondary N) is 1. The smallest absolute Gasteiger partial charge is 0.316 e. The molecule has 1 aliphatic heterocycles. The highest BCUT2D eigenvalue weighted by atomic mass is 35.5. The van der Waals surface area contributed by atoms with E-state index in [1.807, 2.05) is 0 Å². The van der Waals surface area contributed by atoms with Crippen molar-refractivity contribution in [1.82, 2.24) is 5.32 Å². The Labute approximate surface area is 121 Å². The highest BCUT2D eigenvalue weighted by Gasteiger charge is 2.42. The minimum absolute atomic E-state index is 0. The Hall–Kier alpha value is -1.06. The Morgan fingerprint density at radius 2 is 2.00 bits per heavy atom. The molecule has 0 amide bonds. The summed E-state index contributed by atoms with van der Waals surface area (Å²) in [6, 6.07) is -1.93. The first-order valence-corrected chi connectivity index (χ1v) is 5.82. The summed E-state index contributed by atoms with van der Waals surface area (Å²) in [6.45, 7) is 2.93. The lowest BCUT2D eigenvalue weighted by atomic mass is 9.73. The summed E-state index contributed by atoms with van der Waals surface area (Å²) in [7, 11) is 0. The van der Waals surface area contributed by atoms with Gasteiger partial charge in [0.1, 0.15) is 0 Å². The van der Waals surface area contributed by atoms with Crippen LogP contribution in [0.4, 0.5) is 0 Å². The predicted octanol–water partition coefficient (Wildman–Crippen LogP) is 2.29. The maximum atomic E-state index is 12.5. The van der Waals surface area contributed by atoms with Crippen molar-refractivity contribution in [3.63, 3.8) is 0 Å². The fourth-order valence-corrected chi connectivity index (χ4v) is 2.17. The van der Waals surface area contributed by atoms with Crippen LogP contribution in [0.1, 0.15) is 32.2 Å². The van der Waals surface area contributed by atoms with Crippen LogP contribution in [0.15, 0.2) is 30.2 Å². The molecule has 1 saturated heterocycles. The molecule has 2 rings (SSSR count). The molecule has 1 aromatic carbocycles. The van der Waals surface area contributed by atoms with Crippen LogP contribution >= 0.6 is 12.4 Å². The molecule has 1 N–H and O–H groups in total. The van der Waals surface area contributed by atoms with E-state index in [2.05, 4.69) is 5.32 Å². The second kappa shape index (κ2) is 6.76. The van der Waals surface area contributed by atoms with Gasteiger partial charge in [0.15, 0.2) is 0 Å². The lowest BCUT2D eigenvalue weighted by molar-refractivity contribution is -0.151. The molecule has 100 valence electrons. The van der Waals surface area contributed by atoms with Gasteiger partial charge in [0.25, 0.3) is 0 Å². The zero-order chi connectivity index (χ0) is 16.5. The standard InChI is InChI=1S/C14H19NO2.ClH/c1-2-17-13(16)14(8-10-15-11-9-14)12-6-4-3-5-7-12;/h3-7,15H,2,8-11H2,1H3;1H/i3D,4D,5D,6D,7D;. The number of hydrogen-bond acceptors (Lipinski definition) is 3. The molecule has 0 aromatic heterocycles. The van der Waals surface area contributed by atoms with Crippen molar-refractivity contribution < 1.29 is 16.4 Å². The molecule has 1 aliphatic rings. The maximum absolute atomic E-state index is 12.5. The van der Waals surface area contributed by atoms with Crippen LogP contribution in [0, 0.1) is 0 Å². The molecule has 0 unspecified atom stereocenters. The summed E-state index contributed by atoms with van der Waals surface area (Å²) >= 11 is 0. The highest BCUT2D eigenvalue weighted by Crippen LogP contribution is 2.34. The van der Waals surface area contributed by atoms with E-state index in [1.165, 1.54) is 0 Å². The number of halogens is 1. The molecule has 4 heteroatoms. The van der Waals surface area contributed by atoms with Crippen molar-refractivity contribution in [3.8, 4) is 0 Å². The number of rotatable bonds is 3. The monoisotopic (exact) mass is 274 g/mol. The van der Waals surface area contributed by atoms with Crippen molar-refractivity contribution in [2.24, 2.45) is 0 Å². The second-order valence-corrected chi connectivity index (χ2v) is 4.05. The molecule has 18 heavy (non-hydrogen) atoms. The number of benzene rings is 1. The van der Waals surface area contributed by atoms with E-state index in [4.69, 9.17) is 11.6 Å². The van der Waals surface area contributed by atoms with Gasteiger partial charge < -0.3 is 10.1 Å². The number of ether oxygens (including phenoxy) is 1. The highest BCUT2D eigenvalue weighted by molar-refractivity contribution is 5.85. The van der Waals surface area contributed by atoms with E-state index in [0.29, 0.717) is 25.9 Å². The Morgan fingerprint density at radius 3 is 2.56 bits per heavy atom. The van der Waals surface area contributed by atoms with Crippen LogP contribution in [-0.4, -0.2) is 25.7 Å². The molecule has 0 spiro atoms. The summed E-state index contributed by atoms with van der Waals surface area (Å²) in [5, 5.41) is 3.12. The third kappa shape index (κ3) is 2.85. The number of piperidine rings is 1. The van der Waals surface area contributed by atoms with Crippen LogP contribution in [0.2, 0.25) is 0 Å². The van der Waals surface area contributed by atoms with Gasteiger partial charge in [0, 0.05) is 0 Å². The Balaban J connectivity index is 0.00000264. The van der Waals surface area contributed by atoms with Crippen molar-refractivity contribution >= 4 is 18.4 Å². The molecule has 0 saturated carbocycles. The normalized spacial score (nSPS) is 21.5. The summed E-state index contributed by atoms with van der Waals surface area (Å²) in [5.74, 6) is -0.518. The quantitative estimate of drug-likeness (QED) is 0.860. The van der Waals surface area contributed by atoms with Gasteiger partial charge in [0.05, 0.1) is 18.9 Å². The molecule has 1 fully saturated rings. The van der Waals surface area contributed by atoms with Crippen LogP contribution in [0.5, 0.6) is 0 Å². The van der Waals surface area contributed by atoms with E-state index in [0.717, 1.165) is 0 Å². The van der Waals surface area contributed by atoms with Gasteiger partial charge in [0.2, 0.25) is 0 Å². The minimum Gasteiger partial charge on any atom is -0.465 e. The lowest BCUT2D eigenvalue weighted by Gasteiger charge is -2.35. The third-order valence-electron chi connectivity index (χ3n) is 3.10. The molecular weight excluding hydrogens is 250 g/mol. The lowest BCUT2D eigenvalue weighted by Crippen LogP contribution is -2.46. The first-order chi connectivity index (χ1) is 10.4. The van der Waals surface area contributed by atoms with Gasteiger partial charge in [-0.15, -0.1) is 12.4 Å². The summed E-state index contributed by atoms with van der Waals surface area (Å²) in [4.78, 5) is 12.5. The van der Waals surface area contributed by atoms with E-state index < -0.39 is 29.5 Å². The fraction of sp³-hybridized carbons (Fsp3) is 0.500. The average Bonchev–Trinajstić information content (AvgIpc) is 2.52. The average molecular weight is 275 g/mol. The Kier molecular flexibility index (Phi) is 3.36.